The predicted octanol–water partition coefficient (Wildman–Crippen LogP) is 2.82. The average molecular weight is 338 g/mol. The van der Waals surface area contributed by atoms with E-state index in [1.54, 1.807) is 4.90 Å². The largest absolute Gasteiger partial charge is 0.337 e. The number of halogens is 1. The first kappa shape index (κ1) is 17.4. The maximum Gasteiger partial charge on any atom is 0.270 e. The molecule has 0 aromatic heterocycles. The standard InChI is InChI=1S/C16H20ClN3O3/c1-2-7-18-8-10-19(11-9-18)16(21)6-3-13-12-14(20(22)23)4-5-15(13)17/h3-6,12H,2,7-11H2,1H3/b6-3+. The van der Waals surface area contributed by atoms with E-state index in [-0.39, 0.29) is 11.6 Å². The van der Waals surface area contributed by atoms with E-state index < -0.39 is 4.92 Å². The molecule has 0 bridgehead atoms. The molecule has 1 fully saturated rings. The fourth-order valence-electron chi connectivity index (χ4n) is 2.55. The van der Waals surface area contributed by atoms with Gasteiger partial charge in [-0.3, -0.25) is 19.8 Å². The third-order valence-electron chi connectivity index (χ3n) is 3.82. The maximum atomic E-state index is 12.2. The van der Waals surface area contributed by atoms with E-state index in [1.807, 2.05) is 0 Å². The molecule has 0 radical (unpaired) electrons. The quantitative estimate of drug-likeness (QED) is 0.471. The Morgan fingerprint density at radius 2 is 2.04 bits per heavy atom. The second-order valence-electron chi connectivity index (χ2n) is 5.46. The minimum atomic E-state index is -0.484. The lowest BCUT2D eigenvalue weighted by atomic mass is 10.2. The molecule has 6 nitrogen and oxygen atoms in total. The molecule has 0 N–H and O–H groups in total. The zero-order valence-corrected chi connectivity index (χ0v) is 13.8. The number of hydrogen-bond acceptors (Lipinski definition) is 4. The van der Waals surface area contributed by atoms with Crippen molar-refractivity contribution in [1.29, 1.82) is 0 Å². The molecule has 0 aliphatic carbocycles. The van der Waals surface area contributed by atoms with E-state index in [4.69, 9.17) is 11.6 Å². The molecule has 23 heavy (non-hydrogen) atoms. The second-order valence-corrected chi connectivity index (χ2v) is 5.87. The molecule has 124 valence electrons. The highest BCUT2D eigenvalue weighted by Crippen LogP contribution is 2.23. The van der Waals surface area contributed by atoms with Crippen LogP contribution in [0, 0.1) is 10.1 Å². The number of nitrogens with zero attached hydrogens (tertiary/aromatic N) is 3. The van der Waals surface area contributed by atoms with Crippen molar-refractivity contribution in [2.45, 2.75) is 13.3 Å². The van der Waals surface area contributed by atoms with Gasteiger partial charge in [-0.25, -0.2) is 0 Å². The number of piperazine rings is 1. The van der Waals surface area contributed by atoms with Crippen molar-refractivity contribution in [2.75, 3.05) is 32.7 Å². The molecular weight excluding hydrogens is 318 g/mol. The fourth-order valence-corrected chi connectivity index (χ4v) is 2.73. The Bertz CT molecular complexity index is 611. The van der Waals surface area contributed by atoms with Crippen LogP contribution in [0.4, 0.5) is 5.69 Å². The van der Waals surface area contributed by atoms with Crippen LogP contribution in [-0.4, -0.2) is 53.4 Å². The maximum absolute atomic E-state index is 12.2. The van der Waals surface area contributed by atoms with Gasteiger partial charge in [-0.15, -0.1) is 0 Å². The summed E-state index contributed by atoms with van der Waals surface area (Å²) >= 11 is 6.02. The first-order valence-corrected chi connectivity index (χ1v) is 8.02. The van der Waals surface area contributed by atoms with Crippen LogP contribution < -0.4 is 0 Å². The van der Waals surface area contributed by atoms with Crippen molar-refractivity contribution in [3.8, 4) is 0 Å². The molecule has 1 aliphatic heterocycles. The van der Waals surface area contributed by atoms with Crippen molar-refractivity contribution in [1.82, 2.24) is 9.80 Å². The average Bonchev–Trinajstić information content (AvgIpc) is 2.54. The van der Waals surface area contributed by atoms with Crippen LogP contribution in [-0.2, 0) is 4.79 Å². The normalized spacial score (nSPS) is 16.0. The number of non-ortho nitro benzene ring substituents is 1. The summed E-state index contributed by atoms with van der Waals surface area (Å²) in [5.74, 6) is -0.0938. The molecule has 1 aromatic rings. The molecule has 1 heterocycles. The molecule has 7 heteroatoms. The lowest BCUT2D eigenvalue weighted by Gasteiger charge is -2.34. The topological polar surface area (TPSA) is 66.7 Å². The minimum absolute atomic E-state index is 0.0466. The summed E-state index contributed by atoms with van der Waals surface area (Å²) in [6.07, 6.45) is 4.08. The summed E-state index contributed by atoms with van der Waals surface area (Å²) in [6.45, 7) is 6.36. The summed E-state index contributed by atoms with van der Waals surface area (Å²) in [4.78, 5) is 26.6. The van der Waals surface area contributed by atoms with Crippen molar-refractivity contribution >= 4 is 29.3 Å². The highest BCUT2D eigenvalue weighted by Gasteiger charge is 2.18. The van der Waals surface area contributed by atoms with Gasteiger partial charge in [-0.05, 0) is 25.1 Å². The second kappa shape index (κ2) is 8.08. The lowest BCUT2D eigenvalue weighted by molar-refractivity contribution is -0.384. The minimum Gasteiger partial charge on any atom is -0.337 e. The first-order chi connectivity index (χ1) is 11.0. The fraction of sp³-hybridized carbons (Fsp3) is 0.438. The van der Waals surface area contributed by atoms with E-state index in [0.29, 0.717) is 23.7 Å². The summed E-state index contributed by atoms with van der Waals surface area (Å²) in [7, 11) is 0. The van der Waals surface area contributed by atoms with Crippen molar-refractivity contribution < 1.29 is 9.72 Å². The summed E-state index contributed by atoms with van der Waals surface area (Å²) in [5, 5.41) is 11.2. The van der Waals surface area contributed by atoms with Gasteiger partial charge in [0.25, 0.3) is 5.69 Å². The van der Waals surface area contributed by atoms with Crippen LogP contribution in [0.15, 0.2) is 24.3 Å². The summed E-state index contributed by atoms with van der Waals surface area (Å²) in [6, 6.07) is 4.17. The van der Waals surface area contributed by atoms with Gasteiger partial charge in [-0.2, -0.15) is 0 Å². The van der Waals surface area contributed by atoms with E-state index in [1.165, 1.54) is 30.4 Å². The molecule has 0 atom stereocenters. The molecule has 1 aromatic carbocycles. The van der Waals surface area contributed by atoms with Crippen molar-refractivity contribution in [3.05, 3.63) is 45.0 Å². The molecule has 1 amide bonds. The van der Waals surface area contributed by atoms with Gasteiger partial charge in [0.2, 0.25) is 5.91 Å². The van der Waals surface area contributed by atoms with Gasteiger partial charge in [0.15, 0.2) is 0 Å². The van der Waals surface area contributed by atoms with Crippen LogP contribution in [0.2, 0.25) is 5.02 Å². The number of rotatable bonds is 5. The SMILES string of the molecule is CCCN1CCN(C(=O)/C=C/c2cc([N+](=O)[O-])ccc2Cl)CC1. The molecular formula is C16H20ClN3O3. The Morgan fingerprint density at radius 3 is 2.65 bits per heavy atom. The highest BCUT2D eigenvalue weighted by molar-refractivity contribution is 6.32. The van der Waals surface area contributed by atoms with E-state index in [0.717, 1.165) is 26.1 Å². The predicted molar refractivity (Wildman–Crippen MR) is 90.5 cm³/mol. The van der Waals surface area contributed by atoms with Gasteiger partial charge in [0.05, 0.1) is 4.92 Å². The Morgan fingerprint density at radius 1 is 1.35 bits per heavy atom. The number of hydrogen-bond donors (Lipinski definition) is 0. The monoisotopic (exact) mass is 337 g/mol. The van der Waals surface area contributed by atoms with Crippen LogP contribution in [0.5, 0.6) is 0 Å². The summed E-state index contributed by atoms with van der Waals surface area (Å²) in [5.41, 5.74) is 0.425. The van der Waals surface area contributed by atoms with E-state index >= 15 is 0 Å². The van der Waals surface area contributed by atoms with Gasteiger partial charge in [0, 0.05) is 55.0 Å². The number of nitro benzene ring substituents is 1. The lowest BCUT2D eigenvalue weighted by Crippen LogP contribution is -2.48. The number of carbonyl (C=O) groups excluding carboxylic acids is 1. The Kier molecular flexibility index (Phi) is 6.12. The van der Waals surface area contributed by atoms with Gasteiger partial charge in [0.1, 0.15) is 0 Å². The number of benzene rings is 1. The smallest absolute Gasteiger partial charge is 0.270 e. The van der Waals surface area contributed by atoms with Crippen molar-refractivity contribution in [2.24, 2.45) is 0 Å². The Hall–Kier alpha value is -1.92. The van der Waals surface area contributed by atoms with Crippen LogP contribution >= 0.6 is 11.6 Å². The Labute approximate surface area is 140 Å². The van der Waals surface area contributed by atoms with Crippen LogP contribution in [0.25, 0.3) is 6.08 Å². The van der Waals surface area contributed by atoms with Crippen LogP contribution in [0.1, 0.15) is 18.9 Å². The molecule has 1 aliphatic rings. The van der Waals surface area contributed by atoms with Gasteiger partial charge >= 0.3 is 0 Å². The molecule has 0 saturated carbocycles. The molecule has 2 rings (SSSR count). The number of carbonyl (C=O) groups is 1. The summed E-state index contributed by atoms with van der Waals surface area (Å²) < 4.78 is 0. The van der Waals surface area contributed by atoms with Crippen LogP contribution in [0.3, 0.4) is 0 Å². The van der Waals surface area contributed by atoms with Crippen molar-refractivity contribution in [3.63, 3.8) is 0 Å². The number of nitro groups is 1. The molecule has 0 spiro atoms. The van der Waals surface area contributed by atoms with Gasteiger partial charge < -0.3 is 4.90 Å². The zero-order chi connectivity index (χ0) is 16.8. The highest BCUT2D eigenvalue weighted by atomic mass is 35.5. The third kappa shape index (κ3) is 4.77. The first-order valence-electron chi connectivity index (χ1n) is 7.64. The van der Waals surface area contributed by atoms with E-state index in [2.05, 4.69) is 11.8 Å². The number of amides is 1. The molecule has 0 unspecified atom stereocenters. The van der Waals surface area contributed by atoms with Gasteiger partial charge in [-0.1, -0.05) is 18.5 Å². The zero-order valence-electron chi connectivity index (χ0n) is 13.1. The third-order valence-corrected chi connectivity index (χ3v) is 4.16. The Balaban J connectivity index is 1.99. The molecule has 1 saturated heterocycles. The van der Waals surface area contributed by atoms with E-state index in [9.17, 15) is 14.9 Å².